The number of halogens is 1. The van der Waals surface area contributed by atoms with E-state index in [-0.39, 0.29) is 35.1 Å². The summed E-state index contributed by atoms with van der Waals surface area (Å²) in [7, 11) is 0. The van der Waals surface area contributed by atoms with Gasteiger partial charge in [0.25, 0.3) is 5.91 Å². The van der Waals surface area contributed by atoms with Crippen molar-refractivity contribution in [2.75, 3.05) is 6.54 Å². The molecule has 26 heavy (non-hydrogen) atoms. The van der Waals surface area contributed by atoms with Crippen LogP contribution < -0.4 is 5.32 Å². The molecule has 2 aliphatic rings. The maximum atomic E-state index is 13.0. The Hall–Kier alpha value is -1.95. The number of rotatable bonds is 3. The number of hydrogen-bond acceptors (Lipinski definition) is 3. The third kappa shape index (κ3) is 3.47. The van der Waals surface area contributed by atoms with Crippen molar-refractivity contribution >= 4 is 11.8 Å². The van der Waals surface area contributed by atoms with E-state index in [1.165, 1.54) is 24.3 Å². The zero-order valence-electron chi connectivity index (χ0n) is 15.4. The van der Waals surface area contributed by atoms with E-state index < -0.39 is 6.10 Å². The molecule has 0 radical (unpaired) electrons. The maximum Gasteiger partial charge on any atom is 0.251 e. The van der Waals surface area contributed by atoms with Crippen LogP contribution >= 0.6 is 0 Å². The second-order valence-electron chi connectivity index (χ2n) is 7.82. The van der Waals surface area contributed by atoms with Gasteiger partial charge in [-0.25, -0.2) is 4.39 Å². The van der Waals surface area contributed by atoms with E-state index >= 15 is 0 Å². The molecule has 142 valence electrons. The molecule has 1 aliphatic heterocycles. The Morgan fingerprint density at radius 1 is 1.27 bits per heavy atom. The van der Waals surface area contributed by atoms with Crippen LogP contribution in [0.2, 0.25) is 0 Å². The number of aliphatic hydroxyl groups is 1. The number of fused-ring (bicyclic) bond motifs is 1. The lowest BCUT2D eigenvalue weighted by molar-refractivity contribution is -0.133. The number of hydrogen-bond donors (Lipinski definition) is 2. The second kappa shape index (κ2) is 7.35. The highest BCUT2D eigenvalue weighted by atomic mass is 19.1. The highest BCUT2D eigenvalue weighted by molar-refractivity contribution is 5.94. The van der Waals surface area contributed by atoms with Crippen LogP contribution in [-0.2, 0) is 4.79 Å². The van der Waals surface area contributed by atoms with Crippen molar-refractivity contribution in [1.29, 1.82) is 0 Å². The molecule has 0 unspecified atom stereocenters. The third-order valence-corrected chi connectivity index (χ3v) is 6.10. The summed E-state index contributed by atoms with van der Waals surface area (Å²) in [5.74, 6) is -0.692. The van der Waals surface area contributed by atoms with Crippen LogP contribution in [0.5, 0.6) is 0 Å². The van der Waals surface area contributed by atoms with Gasteiger partial charge in [-0.05, 0) is 43.5 Å². The van der Waals surface area contributed by atoms with Crippen molar-refractivity contribution in [1.82, 2.24) is 10.2 Å². The van der Waals surface area contributed by atoms with Crippen LogP contribution in [0.25, 0.3) is 0 Å². The second-order valence-corrected chi connectivity index (χ2v) is 7.82. The first kappa shape index (κ1) is 18.8. The van der Waals surface area contributed by atoms with E-state index in [4.69, 9.17) is 0 Å². The predicted molar refractivity (Wildman–Crippen MR) is 96.0 cm³/mol. The maximum absolute atomic E-state index is 13.0. The van der Waals surface area contributed by atoms with Gasteiger partial charge in [-0.2, -0.15) is 0 Å². The van der Waals surface area contributed by atoms with E-state index in [2.05, 4.69) is 12.2 Å². The van der Waals surface area contributed by atoms with Crippen LogP contribution in [0.4, 0.5) is 4.39 Å². The molecule has 1 saturated heterocycles. The Balaban J connectivity index is 1.73. The minimum Gasteiger partial charge on any atom is -0.392 e. The summed E-state index contributed by atoms with van der Waals surface area (Å²) in [6.45, 7) is 3.94. The van der Waals surface area contributed by atoms with Crippen molar-refractivity contribution < 1.29 is 19.1 Å². The van der Waals surface area contributed by atoms with Gasteiger partial charge in [0, 0.05) is 30.5 Å². The Morgan fingerprint density at radius 2 is 1.92 bits per heavy atom. The SMILES string of the molecule is CC(=O)N1[C@@H](CNC(=O)c2ccc(F)cc2)C[C@@]2(C)[C@@H](O)CCCC[C@@H]12. The fourth-order valence-corrected chi connectivity index (χ4v) is 4.71. The monoisotopic (exact) mass is 362 g/mol. The minimum absolute atomic E-state index is 0.00484. The highest BCUT2D eigenvalue weighted by Crippen LogP contribution is 2.48. The number of likely N-dealkylation sites (tertiary alicyclic amines) is 1. The van der Waals surface area contributed by atoms with E-state index in [1.807, 2.05) is 4.90 Å². The lowest BCUT2D eigenvalue weighted by Gasteiger charge is -2.37. The molecule has 4 atom stereocenters. The third-order valence-electron chi connectivity index (χ3n) is 6.10. The molecule has 2 amide bonds. The first-order valence-electron chi connectivity index (χ1n) is 9.33. The van der Waals surface area contributed by atoms with Crippen molar-refractivity contribution in [3.63, 3.8) is 0 Å². The Kier molecular flexibility index (Phi) is 5.32. The number of benzene rings is 1. The number of carbonyl (C=O) groups excluding carboxylic acids is 2. The molecule has 2 N–H and O–H groups in total. The largest absolute Gasteiger partial charge is 0.392 e. The lowest BCUT2D eigenvalue weighted by atomic mass is 9.75. The van der Waals surface area contributed by atoms with Crippen LogP contribution in [-0.4, -0.2) is 46.6 Å². The van der Waals surface area contributed by atoms with Gasteiger partial charge in [0.15, 0.2) is 0 Å². The van der Waals surface area contributed by atoms with Gasteiger partial charge in [-0.1, -0.05) is 19.8 Å². The predicted octanol–water partition coefficient (Wildman–Crippen LogP) is 2.49. The average Bonchev–Trinajstić information content (AvgIpc) is 2.82. The molecule has 1 aromatic carbocycles. The molecule has 3 rings (SSSR count). The number of amides is 2. The van der Waals surface area contributed by atoms with Gasteiger partial charge in [-0.15, -0.1) is 0 Å². The number of nitrogens with one attached hydrogen (secondary N) is 1. The van der Waals surface area contributed by atoms with Gasteiger partial charge >= 0.3 is 0 Å². The average molecular weight is 362 g/mol. The van der Waals surface area contributed by atoms with Crippen molar-refractivity contribution in [2.45, 2.75) is 64.1 Å². The van der Waals surface area contributed by atoms with Crippen molar-refractivity contribution in [3.8, 4) is 0 Å². The smallest absolute Gasteiger partial charge is 0.251 e. The zero-order valence-corrected chi connectivity index (χ0v) is 15.4. The summed E-state index contributed by atoms with van der Waals surface area (Å²) in [6, 6.07) is 5.25. The van der Waals surface area contributed by atoms with Gasteiger partial charge in [0.05, 0.1) is 12.1 Å². The van der Waals surface area contributed by atoms with Crippen LogP contribution in [0.15, 0.2) is 24.3 Å². The number of nitrogens with zero attached hydrogens (tertiary/aromatic N) is 1. The molecule has 6 heteroatoms. The summed E-state index contributed by atoms with van der Waals surface area (Å²) in [6.07, 6.45) is 3.85. The normalized spacial score (nSPS) is 31.2. The molecule has 0 aromatic heterocycles. The number of aliphatic hydroxyl groups excluding tert-OH is 1. The van der Waals surface area contributed by atoms with Gasteiger partial charge < -0.3 is 15.3 Å². The summed E-state index contributed by atoms with van der Waals surface area (Å²) < 4.78 is 13.0. The lowest BCUT2D eigenvalue weighted by Crippen LogP contribution is -2.48. The molecular formula is C20H27FN2O3. The molecular weight excluding hydrogens is 335 g/mol. The van der Waals surface area contributed by atoms with E-state index in [9.17, 15) is 19.1 Å². The van der Waals surface area contributed by atoms with Crippen LogP contribution in [0.1, 0.15) is 56.3 Å². The topological polar surface area (TPSA) is 69.6 Å². The first-order valence-corrected chi connectivity index (χ1v) is 9.33. The molecule has 5 nitrogen and oxygen atoms in total. The number of carbonyl (C=O) groups is 2. The van der Waals surface area contributed by atoms with E-state index in [1.54, 1.807) is 6.92 Å². The Morgan fingerprint density at radius 3 is 2.58 bits per heavy atom. The summed E-state index contributed by atoms with van der Waals surface area (Å²) >= 11 is 0. The van der Waals surface area contributed by atoms with Crippen molar-refractivity contribution in [3.05, 3.63) is 35.6 Å². The Bertz CT molecular complexity index is 678. The molecule has 0 spiro atoms. The zero-order chi connectivity index (χ0) is 18.9. The van der Waals surface area contributed by atoms with Crippen LogP contribution in [0.3, 0.4) is 0 Å². The van der Waals surface area contributed by atoms with Crippen molar-refractivity contribution in [2.24, 2.45) is 5.41 Å². The summed E-state index contributed by atoms with van der Waals surface area (Å²) in [5, 5.41) is 13.5. The fourth-order valence-electron chi connectivity index (χ4n) is 4.71. The van der Waals surface area contributed by atoms with Gasteiger partial charge in [-0.3, -0.25) is 9.59 Å². The molecule has 1 aromatic rings. The van der Waals surface area contributed by atoms with E-state index in [0.717, 1.165) is 25.7 Å². The molecule has 2 fully saturated rings. The molecule has 0 bridgehead atoms. The molecule has 1 aliphatic carbocycles. The summed E-state index contributed by atoms with van der Waals surface area (Å²) in [4.78, 5) is 26.5. The molecule has 1 saturated carbocycles. The van der Waals surface area contributed by atoms with Gasteiger partial charge in [0.2, 0.25) is 5.91 Å². The van der Waals surface area contributed by atoms with E-state index in [0.29, 0.717) is 18.5 Å². The first-order chi connectivity index (χ1) is 12.3. The Labute approximate surface area is 153 Å². The standard InChI is InChI=1S/C20H27FN2O3/c1-13(24)23-16(11-20(2)17(23)5-3-4-6-18(20)25)12-22-19(26)14-7-9-15(21)10-8-14/h7-10,16-18,25H,3-6,11-12H2,1-2H3,(H,22,26)/t16-,17-,18+,20-/m1/s1. The highest BCUT2D eigenvalue weighted by Gasteiger charge is 2.54. The van der Waals surface area contributed by atoms with Gasteiger partial charge in [0.1, 0.15) is 5.82 Å². The molecule has 1 heterocycles. The summed E-state index contributed by atoms with van der Waals surface area (Å²) in [5.41, 5.74) is 0.0483. The fraction of sp³-hybridized carbons (Fsp3) is 0.600. The minimum atomic E-state index is -0.436. The quantitative estimate of drug-likeness (QED) is 0.868. The van der Waals surface area contributed by atoms with Crippen LogP contribution in [0, 0.1) is 11.2 Å².